The van der Waals surface area contributed by atoms with E-state index in [2.05, 4.69) is 10.6 Å². The zero-order valence-corrected chi connectivity index (χ0v) is 18.7. The number of hydrogen-bond donors (Lipinski definition) is 4. The number of rotatable bonds is 9. The highest BCUT2D eigenvalue weighted by Crippen LogP contribution is 2.20. The summed E-state index contributed by atoms with van der Waals surface area (Å²) in [6.45, 7) is 0.136. The predicted octanol–water partition coefficient (Wildman–Crippen LogP) is 5.68. The molecule has 0 spiro atoms. The SMILES string of the molecule is O=C(Nc1ccc(Cc2ccc(NCOOc3cccc(O)c3)cc2)cc1)Oc1cccc(O)c1. The highest BCUT2D eigenvalue weighted by atomic mass is 17.2. The van der Waals surface area contributed by atoms with Crippen LogP contribution in [0.2, 0.25) is 0 Å². The van der Waals surface area contributed by atoms with Crippen LogP contribution in [-0.2, 0) is 11.3 Å². The van der Waals surface area contributed by atoms with Gasteiger partial charge in [0.1, 0.15) is 17.2 Å². The van der Waals surface area contributed by atoms with E-state index in [1.165, 1.54) is 18.2 Å². The summed E-state index contributed by atoms with van der Waals surface area (Å²) in [6.07, 6.45) is 0.0912. The summed E-state index contributed by atoms with van der Waals surface area (Å²) < 4.78 is 5.16. The molecule has 0 saturated heterocycles. The molecule has 0 radical (unpaired) electrons. The molecule has 178 valence electrons. The second kappa shape index (κ2) is 11.4. The average Bonchev–Trinajstić information content (AvgIpc) is 2.84. The molecule has 0 bridgehead atoms. The molecule has 35 heavy (non-hydrogen) atoms. The number of carbonyl (C=O) groups is 1. The van der Waals surface area contributed by atoms with Crippen molar-refractivity contribution in [3.63, 3.8) is 0 Å². The van der Waals surface area contributed by atoms with Crippen LogP contribution >= 0.6 is 0 Å². The summed E-state index contributed by atoms with van der Waals surface area (Å²) in [5.74, 6) is 0.799. The van der Waals surface area contributed by atoms with Gasteiger partial charge in [-0.3, -0.25) is 5.32 Å². The van der Waals surface area contributed by atoms with Crippen molar-refractivity contribution < 1.29 is 29.5 Å². The predicted molar refractivity (Wildman–Crippen MR) is 132 cm³/mol. The lowest BCUT2D eigenvalue weighted by atomic mass is 10.0. The highest BCUT2D eigenvalue weighted by molar-refractivity contribution is 5.86. The van der Waals surface area contributed by atoms with Crippen molar-refractivity contribution in [2.75, 3.05) is 17.4 Å². The average molecular weight is 472 g/mol. The molecule has 0 saturated carbocycles. The van der Waals surface area contributed by atoms with E-state index in [0.717, 1.165) is 23.2 Å². The van der Waals surface area contributed by atoms with Gasteiger partial charge in [0.15, 0.2) is 12.5 Å². The fraction of sp³-hybridized carbons (Fsp3) is 0.0741. The number of amides is 1. The Balaban J connectivity index is 1.21. The van der Waals surface area contributed by atoms with Crippen LogP contribution < -0.4 is 20.3 Å². The van der Waals surface area contributed by atoms with Gasteiger partial charge in [0, 0.05) is 23.5 Å². The molecule has 4 aromatic rings. The van der Waals surface area contributed by atoms with Crippen molar-refractivity contribution in [3.05, 3.63) is 108 Å². The third kappa shape index (κ3) is 7.41. The number of phenols is 2. The van der Waals surface area contributed by atoms with Gasteiger partial charge >= 0.3 is 6.09 Å². The van der Waals surface area contributed by atoms with Crippen molar-refractivity contribution in [2.45, 2.75) is 6.42 Å². The number of aromatic hydroxyl groups is 2. The van der Waals surface area contributed by atoms with Crippen molar-refractivity contribution in [1.29, 1.82) is 0 Å². The van der Waals surface area contributed by atoms with Crippen LogP contribution in [0.25, 0.3) is 0 Å². The van der Waals surface area contributed by atoms with Crippen LogP contribution in [0.4, 0.5) is 16.2 Å². The standard InChI is InChI=1S/C27H24N2O6/c30-23-3-1-5-25(16-23)34-27(32)29-22-13-9-20(10-14-22)15-19-7-11-21(12-8-19)28-18-33-35-26-6-2-4-24(31)17-26/h1-14,16-17,28,30-31H,15,18H2,(H,29,32). The van der Waals surface area contributed by atoms with Crippen molar-refractivity contribution in [1.82, 2.24) is 0 Å². The number of ether oxygens (including phenoxy) is 1. The van der Waals surface area contributed by atoms with Crippen molar-refractivity contribution >= 4 is 17.5 Å². The molecule has 0 atom stereocenters. The molecule has 0 unspecified atom stereocenters. The summed E-state index contributed by atoms with van der Waals surface area (Å²) in [7, 11) is 0. The summed E-state index contributed by atoms with van der Waals surface area (Å²) in [4.78, 5) is 22.3. The smallest absolute Gasteiger partial charge is 0.417 e. The fourth-order valence-electron chi connectivity index (χ4n) is 3.23. The molecule has 4 N–H and O–H groups in total. The Morgan fingerprint density at radius 2 is 1.29 bits per heavy atom. The van der Waals surface area contributed by atoms with E-state index < -0.39 is 6.09 Å². The Hall–Kier alpha value is -4.69. The quantitative estimate of drug-likeness (QED) is 0.107. The zero-order valence-electron chi connectivity index (χ0n) is 18.7. The van der Waals surface area contributed by atoms with Gasteiger partial charge in [-0.15, -0.1) is 0 Å². The first-order valence-electron chi connectivity index (χ1n) is 10.8. The fourth-order valence-corrected chi connectivity index (χ4v) is 3.23. The summed E-state index contributed by atoms with van der Waals surface area (Å²) in [6, 6.07) is 27.8. The number of phenolic OH excluding ortho intramolecular Hbond substituents is 2. The minimum Gasteiger partial charge on any atom is -0.508 e. The first-order chi connectivity index (χ1) is 17.0. The van der Waals surface area contributed by atoms with Gasteiger partial charge in [0.25, 0.3) is 0 Å². The largest absolute Gasteiger partial charge is 0.508 e. The summed E-state index contributed by atoms with van der Waals surface area (Å²) in [5, 5.41) is 24.6. The number of anilines is 2. The van der Waals surface area contributed by atoms with Gasteiger partial charge in [0.05, 0.1) is 0 Å². The second-order valence-corrected chi connectivity index (χ2v) is 7.60. The maximum absolute atomic E-state index is 12.0. The second-order valence-electron chi connectivity index (χ2n) is 7.60. The Morgan fingerprint density at radius 3 is 1.91 bits per heavy atom. The van der Waals surface area contributed by atoms with Crippen LogP contribution in [0.15, 0.2) is 97.1 Å². The first kappa shape index (κ1) is 23.5. The van der Waals surface area contributed by atoms with Gasteiger partial charge in [-0.2, -0.15) is 4.89 Å². The Bertz CT molecular complexity index is 1260. The molecule has 0 aliphatic carbocycles. The maximum atomic E-state index is 12.0. The van der Waals surface area contributed by atoms with E-state index in [9.17, 15) is 15.0 Å². The highest BCUT2D eigenvalue weighted by Gasteiger charge is 2.06. The normalized spacial score (nSPS) is 10.4. The molecule has 4 rings (SSSR count). The molecule has 1 amide bonds. The number of nitrogens with one attached hydrogen (secondary N) is 2. The van der Waals surface area contributed by atoms with E-state index >= 15 is 0 Å². The number of benzene rings is 4. The number of hydrogen-bond acceptors (Lipinski definition) is 7. The van der Waals surface area contributed by atoms with Crippen LogP contribution in [-0.4, -0.2) is 23.0 Å². The molecule has 0 heterocycles. The van der Waals surface area contributed by atoms with E-state index in [4.69, 9.17) is 14.5 Å². The van der Waals surface area contributed by atoms with E-state index in [1.54, 1.807) is 42.5 Å². The van der Waals surface area contributed by atoms with Crippen LogP contribution in [0, 0.1) is 0 Å². The lowest BCUT2D eigenvalue weighted by Crippen LogP contribution is -2.16. The molecule has 0 aliphatic heterocycles. The monoisotopic (exact) mass is 472 g/mol. The van der Waals surface area contributed by atoms with Crippen LogP contribution in [0.3, 0.4) is 0 Å². The van der Waals surface area contributed by atoms with Crippen molar-refractivity contribution in [3.8, 4) is 23.0 Å². The molecule has 8 nitrogen and oxygen atoms in total. The minimum atomic E-state index is -0.636. The van der Waals surface area contributed by atoms with Gasteiger partial charge in [0.2, 0.25) is 0 Å². The molecule has 0 aliphatic rings. The minimum absolute atomic E-state index is 0.0239. The Morgan fingerprint density at radius 1 is 0.714 bits per heavy atom. The molecule has 0 fully saturated rings. The third-order valence-electron chi connectivity index (χ3n) is 4.90. The van der Waals surface area contributed by atoms with Crippen LogP contribution in [0.1, 0.15) is 11.1 Å². The van der Waals surface area contributed by atoms with Gasteiger partial charge in [-0.25, -0.2) is 4.79 Å². The topological polar surface area (TPSA) is 109 Å². The Kier molecular flexibility index (Phi) is 7.67. The molecular weight excluding hydrogens is 448 g/mol. The lowest BCUT2D eigenvalue weighted by Gasteiger charge is -2.09. The van der Waals surface area contributed by atoms with E-state index in [1.807, 2.05) is 36.4 Å². The van der Waals surface area contributed by atoms with Gasteiger partial charge in [-0.1, -0.05) is 36.4 Å². The van der Waals surface area contributed by atoms with Crippen LogP contribution in [0.5, 0.6) is 23.0 Å². The Labute approximate surface area is 202 Å². The van der Waals surface area contributed by atoms with Gasteiger partial charge in [-0.05, 0) is 66.1 Å². The number of carbonyl (C=O) groups excluding carboxylic acids is 1. The van der Waals surface area contributed by atoms with Gasteiger partial charge < -0.3 is 25.2 Å². The van der Waals surface area contributed by atoms with Crippen molar-refractivity contribution in [2.24, 2.45) is 0 Å². The maximum Gasteiger partial charge on any atom is 0.417 e. The zero-order chi connectivity index (χ0) is 24.5. The summed E-state index contributed by atoms with van der Waals surface area (Å²) in [5.41, 5.74) is 3.68. The first-order valence-corrected chi connectivity index (χ1v) is 10.8. The van der Waals surface area contributed by atoms with E-state index in [0.29, 0.717) is 11.4 Å². The summed E-state index contributed by atoms with van der Waals surface area (Å²) >= 11 is 0. The molecular formula is C27H24N2O6. The molecule has 0 aromatic heterocycles. The molecule has 4 aromatic carbocycles. The molecule has 8 heteroatoms. The van der Waals surface area contributed by atoms with E-state index in [-0.39, 0.29) is 24.0 Å². The third-order valence-corrected chi connectivity index (χ3v) is 4.90. The lowest BCUT2D eigenvalue weighted by molar-refractivity contribution is -0.199.